The first-order chi connectivity index (χ1) is 14.4. The number of carbonyl (C=O) groups is 1. The Morgan fingerprint density at radius 3 is 2.53 bits per heavy atom. The van der Waals surface area contributed by atoms with Gasteiger partial charge in [0, 0.05) is 17.5 Å². The molecule has 0 unspecified atom stereocenters. The standard InChI is InChI=1S/C24H26O6/c1-14-17-10-20(26-4)21(27-5)11-19(17)28-13-22(14)29-23-15(12-25)6-7-18-16(23)8-9-24(2,3)30-18/h6-12,14,22H,13H2,1-5H3/t14-,22+/m0/s1. The highest BCUT2D eigenvalue weighted by Crippen LogP contribution is 2.44. The minimum absolute atomic E-state index is 0.00819. The molecule has 0 bridgehead atoms. The summed E-state index contributed by atoms with van der Waals surface area (Å²) in [6.07, 6.45) is 4.44. The monoisotopic (exact) mass is 410 g/mol. The first-order valence-corrected chi connectivity index (χ1v) is 9.92. The number of aldehydes is 1. The minimum Gasteiger partial charge on any atom is -0.493 e. The quantitative estimate of drug-likeness (QED) is 0.669. The molecule has 2 aliphatic heterocycles. The third-order valence-electron chi connectivity index (χ3n) is 5.57. The fraction of sp³-hybridized carbons (Fsp3) is 0.375. The van der Waals surface area contributed by atoms with Crippen molar-refractivity contribution in [2.45, 2.75) is 38.4 Å². The minimum atomic E-state index is -0.414. The number of rotatable bonds is 5. The molecule has 0 saturated heterocycles. The zero-order valence-electron chi connectivity index (χ0n) is 17.9. The lowest BCUT2D eigenvalue weighted by atomic mass is 9.91. The van der Waals surface area contributed by atoms with Crippen LogP contribution in [0.3, 0.4) is 0 Å². The molecule has 2 heterocycles. The summed E-state index contributed by atoms with van der Waals surface area (Å²) in [6.45, 7) is 6.39. The highest BCUT2D eigenvalue weighted by Gasteiger charge is 2.33. The summed E-state index contributed by atoms with van der Waals surface area (Å²) in [5.41, 5.74) is 1.80. The Kier molecular flexibility index (Phi) is 5.10. The van der Waals surface area contributed by atoms with Crippen LogP contribution in [0, 0.1) is 0 Å². The molecule has 2 aliphatic rings. The molecule has 2 aromatic rings. The Balaban J connectivity index is 1.69. The summed E-state index contributed by atoms with van der Waals surface area (Å²) in [7, 11) is 3.20. The van der Waals surface area contributed by atoms with Gasteiger partial charge >= 0.3 is 0 Å². The molecule has 0 aromatic heterocycles. The van der Waals surface area contributed by atoms with Crippen LogP contribution in [0.5, 0.6) is 28.7 Å². The van der Waals surface area contributed by atoms with E-state index in [1.165, 1.54) is 0 Å². The van der Waals surface area contributed by atoms with Gasteiger partial charge in [-0.05, 0) is 44.2 Å². The van der Waals surface area contributed by atoms with Crippen LogP contribution in [0.1, 0.15) is 48.2 Å². The van der Waals surface area contributed by atoms with Crippen molar-refractivity contribution in [3.8, 4) is 28.7 Å². The predicted octanol–water partition coefficient (Wildman–Crippen LogP) is 4.64. The van der Waals surface area contributed by atoms with Crippen LogP contribution in [0.4, 0.5) is 0 Å². The first kappa shape index (κ1) is 20.1. The molecule has 0 aliphatic carbocycles. The van der Waals surface area contributed by atoms with E-state index in [1.807, 2.05) is 44.2 Å². The van der Waals surface area contributed by atoms with Crippen LogP contribution in [0.25, 0.3) is 6.08 Å². The Labute approximate surface area is 176 Å². The molecule has 0 spiro atoms. The van der Waals surface area contributed by atoms with E-state index in [4.69, 9.17) is 23.7 Å². The fourth-order valence-corrected chi connectivity index (χ4v) is 3.83. The van der Waals surface area contributed by atoms with E-state index >= 15 is 0 Å². The number of fused-ring (bicyclic) bond motifs is 2. The molecule has 2 atom stereocenters. The van der Waals surface area contributed by atoms with Crippen LogP contribution in [0.15, 0.2) is 30.3 Å². The van der Waals surface area contributed by atoms with Crippen molar-refractivity contribution in [2.75, 3.05) is 20.8 Å². The molecule has 0 amide bonds. The summed E-state index contributed by atoms with van der Waals surface area (Å²) in [4.78, 5) is 11.7. The van der Waals surface area contributed by atoms with Gasteiger partial charge in [-0.1, -0.05) is 6.92 Å². The normalized spacial score (nSPS) is 20.8. The van der Waals surface area contributed by atoms with Crippen LogP contribution in [-0.4, -0.2) is 38.8 Å². The summed E-state index contributed by atoms with van der Waals surface area (Å²) in [5, 5.41) is 0. The maximum atomic E-state index is 11.7. The summed E-state index contributed by atoms with van der Waals surface area (Å²) >= 11 is 0. The van der Waals surface area contributed by atoms with E-state index in [0.29, 0.717) is 35.2 Å². The molecule has 0 radical (unpaired) electrons. The van der Waals surface area contributed by atoms with E-state index in [1.54, 1.807) is 20.3 Å². The molecular weight excluding hydrogens is 384 g/mol. The van der Waals surface area contributed by atoms with Gasteiger partial charge < -0.3 is 23.7 Å². The second-order valence-electron chi connectivity index (χ2n) is 8.05. The molecular formula is C24H26O6. The van der Waals surface area contributed by atoms with E-state index in [0.717, 1.165) is 23.2 Å². The first-order valence-electron chi connectivity index (χ1n) is 9.92. The van der Waals surface area contributed by atoms with E-state index in [-0.39, 0.29) is 12.0 Å². The van der Waals surface area contributed by atoms with Gasteiger partial charge in [-0.15, -0.1) is 0 Å². The molecule has 6 heteroatoms. The average Bonchev–Trinajstić information content (AvgIpc) is 2.74. The van der Waals surface area contributed by atoms with Crippen molar-refractivity contribution >= 4 is 12.4 Å². The van der Waals surface area contributed by atoms with E-state index < -0.39 is 5.60 Å². The maximum Gasteiger partial charge on any atom is 0.164 e. The zero-order chi connectivity index (χ0) is 21.5. The molecule has 6 nitrogen and oxygen atoms in total. The Morgan fingerprint density at radius 1 is 1.10 bits per heavy atom. The third-order valence-corrected chi connectivity index (χ3v) is 5.57. The van der Waals surface area contributed by atoms with Crippen molar-refractivity contribution in [1.82, 2.24) is 0 Å². The molecule has 158 valence electrons. The molecule has 0 N–H and O–H groups in total. The van der Waals surface area contributed by atoms with Crippen molar-refractivity contribution in [1.29, 1.82) is 0 Å². The van der Waals surface area contributed by atoms with Gasteiger partial charge in [0.15, 0.2) is 17.8 Å². The van der Waals surface area contributed by atoms with Crippen LogP contribution < -0.4 is 23.7 Å². The Bertz CT molecular complexity index is 1010. The van der Waals surface area contributed by atoms with Crippen molar-refractivity contribution in [3.63, 3.8) is 0 Å². The summed E-state index contributed by atoms with van der Waals surface area (Å²) in [6, 6.07) is 7.29. The smallest absolute Gasteiger partial charge is 0.164 e. The number of methoxy groups -OCH3 is 2. The van der Waals surface area contributed by atoms with Crippen molar-refractivity contribution < 1.29 is 28.5 Å². The highest BCUT2D eigenvalue weighted by molar-refractivity contribution is 5.84. The lowest BCUT2D eigenvalue weighted by Gasteiger charge is -2.34. The molecule has 30 heavy (non-hydrogen) atoms. The average molecular weight is 410 g/mol. The van der Waals surface area contributed by atoms with Crippen LogP contribution in [-0.2, 0) is 0 Å². The van der Waals surface area contributed by atoms with Gasteiger partial charge in [0.25, 0.3) is 0 Å². The van der Waals surface area contributed by atoms with Crippen LogP contribution in [0.2, 0.25) is 0 Å². The molecule has 4 rings (SSSR count). The van der Waals surface area contributed by atoms with Crippen molar-refractivity contribution in [2.24, 2.45) is 0 Å². The number of carbonyl (C=O) groups excluding carboxylic acids is 1. The van der Waals surface area contributed by atoms with Gasteiger partial charge in [-0.2, -0.15) is 0 Å². The topological polar surface area (TPSA) is 63.2 Å². The molecule has 2 aromatic carbocycles. The van der Waals surface area contributed by atoms with E-state index in [2.05, 4.69) is 6.92 Å². The third kappa shape index (κ3) is 3.47. The van der Waals surface area contributed by atoms with Gasteiger partial charge in [-0.3, -0.25) is 4.79 Å². The number of ether oxygens (including phenoxy) is 5. The van der Waals surface area contributed by atoms with Gasteiger partial charge in [0.1, 0.15) is 35.6 Å². The maximum absolute atomic E-state index is 11.7. The predicted molar refractivity (Wildman–Crippen MR) is 113 cm³/mol. The fourth-order valence-electron chi connectivity index (χ4n) is 3.83. The number of benzene rings is 2. The summed E-state index contributed by atoms with van der Waals surface area (Å²) in [5.74, 6) is 3.21. The second kappa shape index (κ2) is 7.59. The molecule has 0 saturated carbocycles. The van der Waals surface area contributed by atoms with Gasteiger partial charge in [0.05, 0.1) is 25.3 Å². The van der Waals surface area contributed by atoms with Gasteiger partial charge in [0.2, 0.25) is 0 Å². The zero-order valence-corrected chi connectivity index (χ0v) is 17.9. The number of hydrogen-bond donors (Lipinski definition) is 0. The SMILES string of the molecule is COc1cc2c(cc1OC)[C@H](C)[C@H](Oc1c(C=O)ccc3c1C=CC(C)(C)O3)CO2. The summed E-state index contributed by atoms with van der Waals surface area (Å²) < 4.78 is 29.2. The highest BCUT2D eigenvalue weighted by atomic mass is 16.5. The Hall–Kier alpha value is -3.15. The number of hydrogen-bond acceptors (Lipinski definition) is 6. The second-order valence-corrected chi connectivity index (χ2v) is 8.05. The largest absolute Gasteiger partial charge is 0.493 e. The van der Waals surface area contributed by atoms with Gasteiger partial charge in [-0.25, -0.2) is 0 Å². The van der Waals surface area contributed by atoms with Crippen molar-refractivity contribution in [3.05, 3.63) is 47.0 Å². The lowest BCUT2D eigenvalue weighted by Crippen LogP contribution is -2.35. The van der Waals surface area contributed by atoms with E-state index in [9.17, 15) is 4.79 Å². The van der Waals surface area contributed by atoms with Crippen LogP contribution >= 0.6 is 0 Å². The lowest BCUT2D eigenvalue weighted by molar-refractivity contribution is 0.0876. The Morgan fingerprint density at radius 2 is 1.83 bits per heavy atom. The molecule has 0 fully saturated rings.